The van der Waals surface area contributed by atoms with Crippen LogP contribution in [0.1, 0.15) is 7.85 Å². The van der Waals surface area contributed by atoms with E-state index in [4.69, 9.17) is 5.11 Å². The SMILES string of the molecule is O=C[C@H](CC(=O)O)NC(=O)Nc1ccc([N+](=O)[O-])cc1.[H-].[K+]. The van der Waals surface area contributed by atoms with E-state index in [0.717, 1.165) is 0 Å². The van der Waals surface area contributed by atoms with Crippen molar-refractivity contribution in [2.45, 2.75) is 12.5 Å². The summed E-state index contributed by atoms with van der Waals surface area (Å²) >= 11 is 0. The largest absolute Gasteiger partial charge is 1.00 e. The summed E-state index contributed by atoms with van der Waals surface area (Å²) in [4.78, 5) is 42.3. The van der Waals surface area contributed by atoms with Crippen molar-refractivity contribution in [1.82, 2.24) is 5.32 Å². The molecule has 0 radical (unpaired) electrons. The molecule has 1 atom stereocenters. The van der Waals surface area contributed by atoms with E-state index in [1.165, 1.54) is 24.3 Å². The van der Waals surface area contributed by atoms with Crippen LogP contribution in [0.3, 0.4) is 0 Å². The molecule has 0 aliphatic heterocycles. The molecule has 3 N–H and O–H groups in total. The van der Waals surface area contributed by atoms with Crippen LogP contribution < -0.4 is 62.0 Å². The van der Waals surface area contributed by atoms with Gasteiger partial charge in [-0.2, -0.15) is 0 Å². The average molecular weight is 321 g/mol. The molecule has 9 nitrogen and oxygen atoms in total. The molecule has 0 fully saturated rings. The van der Waals surface area contributed by atoms with E-state index in [9.17, 15) is 24.5 Å². The number of urea groups is 1. The molecule has 0 unspecified atom stereocenters. The van der Waals surface area contributed by atoms with Gasteiger partial charge in [-0.1, -0.05) is 0 Å². The molecule has 108 valence electrons. The Morgan fingerprint density at radius 1 is 1.38 bits per heavy atom. The molecule has 0 heterocycles. The number of hydrogen-bond donors (Lipinski definition) is 3. The number of nitro groups is 1. The zero-order chi connectivity index (χ0) is 15.1. The van der Waals surface area contributed by atoms with E-state index in [-0.39, 0.29) is 64.2 Å². The number of carboxylic acid groups (broad SMARTS) is 1. The number of hydrogen-bond acceptors (Lipinski definition) is 5. The molecule has 21 heavy (non-hydrogen) atoms. The van der Waals surface area contributed by atoms with Gasteiger partial charge < -0.3 is 22.0 Å². The minimum Gasteiger partial charge on any atom is -1.00 e. The zero-order valence-corrected chi connectivity index (χ0v) is 14.2. The van der Waals surface area contributed by atoms with Gasteiger partial charge in [-0.05, 0) is 12.1 Å². The number of carbonyl (C=O) groups is 3. The van der Waals surface area contributed by atoms with Crippen molar-refractivity contribution in [3.8, 4) is 0 Å². The predicted octanol–water partition coefficient (Wildman–Crippen LogP) is -2.12. The van der Waals surface area contributed by atoms with Crippen LogP contribution in [0, 0.1) is 10.1 Å². The minimum atomic E-state index is -1.22. The fourth-order valence-electron chi connectivity index (χ4n) is 1.32. The van der Waals surface area contributed by atoms with Crippen LogP contribution >= 0.6 is 0 Å². The molecule has 0 aliphatic carbocycles. The third-order valence-electron chi connectivity index (χ3n) is 2.21. The number of carbonyl (C=O) groups excluding carboxylic acids is 2. The van der Waals surface area contributed by atoms with Crippen LogP contribution in [0.5, 0.6) is 0 Å². The van der Waals surface area contributed by atoms with Crippen molar-refractivity contribution >= 4 is 29.7 Å². The summed E-state index contributed by atoms with van der Waals surface area (Å²) in [5.74, 6) is -1.22. The number of amides is 2. The number of anilines is 1. The zero-order valence-electron chi connectivity index (χ0n) is 12.1. The summed E-state index contributed by atoms with van der Waals surface area (Å²) in [5.41, 5.74) is 0.140. The molecule has 0 saturated carbocycles. The Hall–Kier alpha value is -1.33. The number of rotatable bonds is 6. The molecule has 2 amide bonds. The van der Waals surface area contributed by atoms with E-state index in [1.54, 1.807) is 0 Å². The quantitative estimate of drug-likeness (QED) is 0.237. The summed E-state index contributed by atoms with van der Waals surface area (Å²) in [6.07, 6.45) is -0.222. The van der Waals surface area contributed by atoms with Crippen LogP contribution in [0.4, 0.5) is 16.2 Å². The smallest absolute Gasteiger partial charge is 1.00 e. The van der Waals surface area contributed by atoms with Gasteiger partial charge >= 0.3 is 63.4 Å². The van der Waals surface area contributed by atoms with Crippen LogP contribution in [0.15, 0.2) is 24.3 Å². The molecular weight excluding hydrogens is 309 g/mol. The number of nitro benzene ring substituents is 1. The first kappa shape index (κ1) is 19.7. The fraction of sp³-hybridized carbons (Fsp3) is 0.182. The Morgan fingerprint density at radius 3 is 2.38 bits per heavy atom. The monoisotopic (exact) mass is 321 g/mol. The van der Waals surface area contributed by atoms with Gasteiger partial charge in [0.05, 0.1) is 17.4 Å². The normalized spacial score (nSPS) is 10.7. The summed E-state index contributed by atoms with van der Waals surface area (Å²) in [6, 6.07) is 3.09. The van der Waals surface area contributed by atoms with Crippen LogP contribution in [0.25, 0.3) is 0 Å². The summed E-state index contributed by atoms with van der Waals surface area (Å²) in [5, 5.41) is 23.4. The number of nitrogens with zero attached hydrogens (tertiary/aromatic N) is 1. The topological polar surface area (TPSA) is 139 Å². The van der Waals surface area contributed by atoms with E-state index in [1.807, 2.05) is 0 Å². The molecule has 10 heteroatoms. The van der Waals surface area contributed by atoms with E-state index in [0.29, 0.717) is 6.29 Å². The Labute approximate surface area is 163 Å². The standard InChI is InChI=1S/C11H11N3O6.K.H/c15-6-8(5-10(16)17)13-11(18)12-7-1-3-9(4-2-7)14(19)20;;/h1-4,6,8H,5H2,(H,16,17)(H2,12,13,18);;/q;+1;-1/t8-;;/m0../s1. The van der Waals surface area contributed by atoms with Gasteiger partial charge in [0.15, 0.2) is 0 Å². The first-order chi connectivity index (χ1) is 9.42. The molecule has 0 aliphatic rings. The third kappa shape index (κ3) is 7.29. The number of carboxylic acids is 1. The van der Waals surface area contributed by atoms with Crippen LogP contribution in [-0.2, 0) is 9.59 Å². The van der Waals surface area contributed by atoms with Gasteiger partial charge in [-0.25, -0.2) is 4.79 Å². The molecule has 1 aromatic carbocycles. The van der Waals surface area contributed by atoms with Gasteiger partial charge in [-0.3, -0.25) is 14.9 Å². The van der Waals surface area contributed by atoms with Gasteiger partial charge in [0.1, 0.15) is 6.29 Å². The molecule has 0 saturated heterocycles. The maximum atomic E-state index is 11.5. The summed E-state index contributed by atoms with van der Waals surface area (Å²) in [7, 11) is 0. The van der Waals surface area contributed by atoms with Crippen molar-refractivity contribution < 1.29 is 77.2 Å². The Bertz CT molecular complexity index is 539. The number of aliphatic carboxylic acids is 1. The number of non-ortho nitro benzene ring substituents is 1. The van der Waals surface area contributed by atoms with Gasteiger partial charge in [0.25, 0.3) is 5.69 Å². The second-order valence-electron chi connectivity index (χ2n) is 3.74. The van der Waals surface area contributed by atoms with Crippen molar-refractivity contribution in [3.05, 3.63) is 34.4 Å². The first-order valence-corrected chi connectivity index (χ1v) is 5.41. The van der Waals surface area contributed by atoms with Gasteiger partial charge in [0, 0.05) is 17.8 Å². The van der Waals surface area contributed by atoms with E-state index in [2.05, 4.69) is 10.6 Å². The average Bonchev–Trinajstić information content (AvgIpc) is 2.37. The Morgan fingerprint density at radius 2 is 1.95 bits per heavy atom. The van der Waals surface area contributed by atoms with Crippen molar-refractivity contribution in [3.63, 3.8) is 0 Å². The third-order valence-corrected chi connectivity index (χ3v) is 2.21. The maximum Gasteiger partial charge on any atom is 1.00 e. The second kappa shape index (κ2) is 9.58. The van der Waals surface area contributed by atoms with Crippen molar-refractivity contribution in [2.75, 3.05) is 5.32 Å². The molecule has 0 aromatic heterocycles. The molecular formula is C11H12KN3O6. The van der Waals surface area contributed by atoms with Crippen molar-refractivity contribution in [1.29, 1.82) is 0 Å². The maximum absolute atomic E-state index is 11.5. The second-order valence-corrected chi connectivity index (χ2v) is 3.74. The van der Waals surface area contributed by atoms with Crippen LogP contribution in [-0.4, -0.2) is 34.4 Å². The summed E-state index contributed by atoms with van der Waals surface area (Å²) in [6.45, 7) is 0. The molecule has 0 spiro atoms. The summed E-state index contributed by atoms with van der Waals surface area (Å²) < 4.78 is 0. The number of aldehydes is 1. The molecule has 1 rings (SSSR count). The fourth-order valence-corrected chi connectivity index (χ4v) is 1.32. The number of benzene rings is 1. The van der Waals surface area contributed by atoms with Crippen molar-refractivity contribution in [2.24, 2.45) is 0 Å². The van der Waals surface area contributed by atoms with Gasteiger partial charge in [-0.15, -0.1) is 0 Å². The first-order valence-electron chi connectivity index (χ1n) is 5.41. The minimum absolute atomic E-state index is 0. The van der Waals surface area contributed by atoms with Gasteiger partial charge in [0.2, 0.25) is 0 Å². The van der Waals surface area contributed by atoms with E-state index >= 15 is 0 Å². The van der Waals surface area contributed by atoms with Crippen LogP contribution in [0.2, 0.25) is 0 Å². The molecule has 0 bridgehead atoms. The Kier molecular flexibility index (Phi) is 8.97. The molecule has 1 aromatic rings. The number of nitrogens with one attached hydrogen (secondary N) is 2. The predicted molar refractivity (Wildman–Crippen MR) is 68.5 cm³/mol. The van der Waals surface area contributed by atoms with E-state index < -0.39 is 29.4 Å². The Balaban J connectivity index is 0.